The molecule has 1 N–H and O–H groups in total. The van der Waals surface area contributed by atoms with Crippen molar-refractivity contribution in [3.63, 3.8) is 0 Å². The average molecular weight is 334 g/mol. The van der Waals surface area contributed by atoms with Gasteiger partial charge in [0.05, 0.1) is 16.3 Å². The summed E-state index contributed by atoms with van der Waals surface area (Å²) in [5, 5.41) is 2.57. The third-order valence-corrected chi connectivity index (χ3v) is 5.19. The number of halogens is 1. The van der Waals surface area contributed by atoms with Crippen LogP contribution in [-0.2, 0) is 14.6 Å². The molecule has 1 rings (SSSR count). The van der Waals surface area contributed by atoms with Crippen LogP contribution >= 0.6 is 15.9 Å². The van der Waals surface area contributed by atoms with Crippen molar-refractivity contribution < 1.29 is 13.2 Å². The molecule has 18 heavy (non-hydrogen) atoms. The van der Waals surface area contributed by atoms with Crippen molar-refractivity contribution in [2.45, 2.75) is 32.1 Å². The van der Waals surface area contributed by atoms with Crippen LogP contribution in [0.4, 0.5) is 5.69 Å². The molecule has 0 atom stereocenters. The SMILES string of the molecule is CCCS(=O)(=O)c1cc(Br)c(C)cc1NC(C)=O. The maximum Gasteiger partial charge on any atom is 0.221 e. The van der Waals surface area contributed by atoms with E-state index < -0.39 is 9.84 Å². The summed E-state index contributed by atoms with van der Waals surface area (Å²) in [7, 11) is -3.37. The lowest BCUT2D eigenvalue weighted by molar-refractivity contribution is -0.114. The minimum atomic E-state index is -3.37. The van der Waals surface area contributed by atoms with E-state index in [9.17, 15) is 13.2 Å². The van der Waals surface area contributed by atoms with Crippen LogP contribution in [0.2, 0.25) is 0 Å². The van der Waals surface area contributed by atoms with Crippen LogP contribution in [0.3, 0.4) is 0 Å². The largest absolute Gasteiger partial charge is 0.325 e. The lowest BCUT2D eigenvalue weighted by atomic mass is 10.2. The highest BCUT2D eigenvalue weighted by atomic mass is 79.9. The second-order valence-electron chi connectivity index (χ2n) is 4.10. The van der Waals surface area contributed by atoms with Crippen molar-refractivity contribution in [1.29, 1.82) is 0 Å². The number of carbonyl (C=O) groups is 1. The Morgan fingerprint density at radius 2 is 2.00 bits per heavy atom. The normalized spacial score (nSPS) is 11.3. The molecular formula is C12H16BrNO3S. The number of sulfone groups is 1. The first kappa shape index (κ1) is 15.2. The molecule has 0 heterocycles. The van der Waals surface area contributed by atoms with E-state index in [1.54, 1.807) is 19.1 Å². The van der Waals surface area contributed by atoms with Crippen molar-refractivity contribution in [3.05, 3.63) is 22.2 Å². The van der Waals surface area contributed by atoms with Crippen LogP contribution in [0, 0.1) is 6.92 Å². The quantitative estimate of drug-likeness (QED) is 0.921. The molecule has 1 amide bonds. The van der Waals surface area contributed by atoms with Gasteiger partial charge in [0, 0.05) is 11.4 Å². The fraction of sp³-hybridized carbons (Fsp3) is 0.417. The van der Waals surface area contributed by atoms with E-state index in [4.69, 9.17) is 0 Å². The van der Waals surface area contributed by atoms with Crippen molar-refractivity contribution in [2.24, 2.45) is 0 Å². The molecular weight excluding hydrogens is 318 g/mol. The molecule has 1 aromatic carbocycles. The second kappa shape index (κ2) is 5.84. The van der Waals surface area contributed by atoms with Crippen molar-refractivity contribution in [1.82, 2.24) is 0 Å². The average Bonchev–Trinajstić information content (AvgIpc) is 2.22. The van der Waals surface area contributed by atoms with Gasteiger partial charge in [0.25, 0.3) is 0 Å². The lowest BCUT2D eigenvalue weighted by Crippen LogP contribution is -2.13. The molecule has 1 aromatic rings. The van der Waals surface area contributed by atoms with Gasteiger partial charge in [-0.2, -0.15) is 0 Å². The molecule has 0 aliphatic heterocycles. The molecule has 0 fully saturated rings. The summed E-state index contributed by atoms with van der Waals surface area (Å²) >= 11 is 3.31. The Bertz CT molecular complexity index is 567. The molecule has 0 aliphatic rings. The summed E-state index contributed by atoms with van der Waals surface area (Å²) in [6.07, 6.45) is 0.535. The van der Waals surface area contributed by atoms with E-state index in [1.807, 2.05) is 6.92 Å². The van der Waals surface area contributed by atoms with Gasteiger partial charge in [-0.05, 0) is 31.0 Å². The van der Waals surface area contributed by atoms with Crippen molar-refractivity contribution in [3.8, 4) is 0 Å². The first-order chi connectivity index (χ1) is 8.27. The third kappa shape index (κ3) is 3.55. The summed E-state index contributed by atoms with van der Waals surface area (Å²) in [5.41, 5.74) is 1.21. The first-order valence-electron chi connectivity index (χ1n) is 5.58. The monoisotopic (exact) mass is 333 g/mol. The summed E-state index contributed by atoms with van der Waals surface area (Å²) in [5.74, 6) is -0.223. The topological polar surface area (TPSA) is 63.2 Å². The van der Waals surface area contributed by atoms with Gasteiger partial charge in [-0.25, -0.2) is 8.42 Å². The minimum Gasteiger partial charge on any atom is -0.325 e. The van der Waals surface area contributed by atoms with Gasteiger partial charge in [-0.3, -0.25) is 4.79 Å². The fourth-order valence-corrected chi connectivity index (χ4v) is 3.58. The van der Waals surface area contributed by atoms with E-state index in [-0.39, 0.29) is 16.6 Å². The van der Waals surface area contributed by atoms with Crippen LogP contribution in [0.15, 0.2) is 21.5 Å². The number of hydrogen-bond donors (Lipinski definition) is 1. The molecule has 0 aliphatic carbocycles. The molecule has 0 saturated carbocycles. The number of carbonyl (C=O) groups excluding carboxylic acids is 1. The van der Waals surface area contributed by atoms with E-state index in [0.717, 1.165) is 5.56 Å². The second-order valence-corrected chi connectivity index (χ2v) is 7.03. The highest BCUT2D eigenvalue weighted by molar-refractivity contribution is 9.10. The van der Waals surface area contributed by atoms with Gasteiger partial charge >= 0.3 is 0 Å². The number of anilines is 1. The Morgan fingerprint density at radius 1 is 1.39 bits per heavy atom. The zero-order chi connectivity index (χ0) is 13.9. The van der Waals surface area contributed by atoms with Crippen LogP contribution in [-0.4, -0.2) is 20.1 Å². The predicted molar refractivity (Wildman–Crippen MR) is 75.5 cm³/mol. The van der Waals surface area contributed by atoms with Gasteiger partial charge in [-0.15, -0.1) is 0 Å². The molecule has 4 nitrogen and oxygen atoms in total. The van der Waals surface area contributed by atoms with Crippen LogP contribution in [0.25, 0.3) is 0 Å². The smallest absolute Gasteiger partial charge is 0.221 e. The standard InChI is InChI=1S/C12H16BrNO3S/c1-4-5-18(16,17)12-7-10(13)8(2)6-11(12)14-9(3)15/h6-7H,4-5H2,1-3H3,(H,14,15). The zero-order valence-electron chi connectivity index (χ0n) is 10.6. The number of nitrogens with one attached hydrogen (secondary N) is 1. The van der Waals surface area contributed by atoms with Crippen LogP contribution < -0.4 is 5.32 Å². The van der Waals surface area contributed by atoms with Gasteiger partial charge in [-0.1, -0.05) is 22.9 Å². The Balaban J connectivity index is 3.41. The summed E-state index contributed by atoms with van der Waals surface area (Å²) < 4.78 is 25.0. The molecule has 100 valence electrons. The maximum absolute atomic E-state index is 12.1. The molecule has 6 heteroatoms. The number of hydrogen-bond acceptors (Lipinski definition) is 3. The molecule has 0 unspecified atom stereocenters. The Hall–Kier alpha value is -0.880. The molecule has 0 aromatic heterocycles. The molecule has 0 radical (unpaired) electrons. The van der Waals surface area contributed by atoms with Gasteiger partial charge in [0.15, 0.2) is 9.84 Å². The van der Waals surface area contributed by atoms with E-state index in [1.165, 1.54) is 6.92 Å². The Morgan fingerprint density at radius 3 is 2.50 bits per heavy atom. The van der Waals surface area contributed by atoms with E-state index in [0.29, 0.717) is 16.6 Å². The minimum absolute atomic E-state index is 0.0646. The van der Waals surface area contributed by atoms with Crippen molar-refractivity contribution >= 4 is 37.4 Å². The Kier molecular flexibility index (Phi) is 4.92. The number of rotatable bonds is 4. The van der Waals surface area contributed by atoms with Gasteiger partial charge in [0.2, 0.25) is 5.91 Å². The summed E-state index contributed by atoms with van der Waals surface area (Å²) in [6, 6.07) is 3.21. The molecule has 0 spiro atoms. The number of amides is 1. The van der Waals surface area contributed by atoms with E-state index in [2.05, 4.69) is 21.2 Å². The van der Waals surface area contributed by atoms with Crippen molar-refractivity contribution in [2.75, 3.05) is 11.1 Å². The number of aryl methyl sites for hydroxylation is 1. The lowest BCUT2D eigenvalue weighted by Gasteiger charge is -2.12. The van der Waals surface area contributed by atoms with Crippen LogP contribution in [0.1, 0.15) is 25.8 Å². The molecule has 0 saturated heterocycles. The van der Waals surface area contributed by atoms with Gasteiger partial charge in [0.1, 0.15) is 0 Å². The number of benzene rings is 1. The third-order valence-electron chi connectivity index (χ3n) is 2.38. The van der Waals surface area contributed by atoms with Crippen LogP contribution in [0.5, 0.6) is 0 Å². The first-order valence-corrected chi connectivity index (χ1v) is 8.03. The highest BCUT2D eigenvalue weighted by Gasteiger charge is 2.20. The maximum atomic E-state index is 12.1. The summed E-state index contributed by atoms with van der Waals surface area (Å²) in [6.45, 7) is 5.00. The zero-order valence-corrected chi connectivity index (χ0v) is 13.0. The Labute approximate surface area is 116 Å². The summed E-state index contributed by atoms with van der Waals surface area (Å²) in [4.78, 5) is 11.3. The highest BCUT2D eigenvalue weighted by Crippen LogP contribution is 2.29. The predicted octanol–water partition coefficient (Wildman–Crippen LogP) is 2.90. The van der Waals surface area contributed by atoms with Gasteiger partial charge < -0.3 is 5.32 Å². The fourth-order valence-electron chi connectivity index (χ4n) is 1.59. The van der Waals surface area contributed by atoms with E-state index >= 15 is 0 Å². The molecule has 0 bridgehead atoms.